The lowest BCUT2D eigenvalue weighted by Crippen LogP contribution is -2.50. The van der Waals surface area contributed by atoms with Crippen LogP contribution >= 0.6 is 12.4 Å². The molecule has 0 spiro atoms. The number of ether oxygens (including phenoxy) is 1. The predicted molar refractivity (Wildman–Crippen MR) is 73.3 cm³/mol. The zero-order valence-corrected chi connectivity index (χ0v) is 12.1. The fourth-order valence-electron chi connectivity index (χ4n) is 2.31. The first-order chi connectivity index (χ1) is 8.68. The topological polar surface area (TPSA) is 61.9 Å². The molecule has 6 nitrogen and oxygen atoms in total. The number of halogens is 1. The Morgan fingerprint density at radius 1 is 1.37 bits per heavy atom. The average Bonchev–Trinajstić information content (AvgIpc) is 2.92. The van der Waals surface area contributed by atoms with Gasteiger partial charge in [0.15, 0.2) is 0 Å². The van der Waals surface area contributed by atoms with Crippen LogP contribution in [0.25, 0.3) is 0 Å². The zero-order chi connectivity index (χ0) is 13.0. The highest BCUT2D eigenvalue weighted by Crippen LogP contribution is 2.14. The van der Waals surface area contributed by atoms with Crippen LogP contribution in [0.4, 0.5) is 0 Å². The van der Waals surface area contributed by atoms with Gasteiger partial charge in [-0.1, -0.05) is 0 Å². The van der Waals surface area contributed by atoms with Crippen LogP contribution in [0.15, 0.2) is 0 Å². The van der Waals surface area contributed by atoms with E-state index in [0.717, 1.165) is 39.0 Å². The van der Waals surface area contributed by atoms with Gasteiger partial charge in [-0.2, -0.15) is 0 Å². The van der Waals surface area contributed by atoms with Gasteiger partial charge in [0.05, 0.1) is 6.54 Å². The molecule has 1 atom stereocenters. The van der Waals surface area contributed by atoms with Gasteiger partial charge in [0.2, 0.25) is 5.91 Å². The van der Waals surface area contributed by atoms with Crippen molar-refractivity contribution in [3.63, 3.8) is 0 Å². The molecule has 0 aromatic rings. The molecule has 7 heteroatoms. The van der Waals surface area contributed by atoms with Crippen LogP contribution in [0.5, 0.6) is 0 Å². The largest absolute Gasteiger partial charge is 0.368 e. The average molecular weight is 292 g/mol. The van der Waals surface area contributed by atoms with Gasteiger partial charge in [0.1, 0.15) is 6.10 Å². The first kappa shape index (κ1) is 16.2. The molecule has 0 aliphatic carbocycles. The molecule has 0 radical (unpaired) electrons. The molecule has 0 aromatic carbocycles. The van der Waals surface area contributed by atoms with Crippen LogP contribution in [-0.2, 0) is 14.3 Å². The minimum Gasteiger partial charge on any atom is -0.368 e. The van der Waals surface area contributed by atoms with E-state index in [2.05, 4.69) is 5.32 Å². The zero-order valence-electron chi connectivity index (χ0n) is 11.3. The Morgan fingerprint density at radius 3 is 2.63 bits per heavy atom. The number of nitrogens with zero attached hydrogens (tertiary/aromatic N) is 2. The summed E-state index contributed by atoms with van der Waals surface area (Å²) in [4.78, 5) is 27.3. The van der Waals surface area contributed by atoms with Crippen molar-refractivity contribution in [3.8, 4) is 0 Å². The second-order valence-electron chi connectivity index (χ2n) is 4.83. The lowest BCUT2D eigenvalue weighted by atomic mass is 10.2. The maximum Gasteiger partial charge on any atom is 0.251 e. The maximum absolute atomic E-state index is 12.0. The number of nitrogens with one attached hydrogen (secondary N) is 1. The molecular weight excluding hydrogens is 270 g/mol. The molecule has 2 heterocycles. The molecule has 0 saturated carbocycles. The Kier molecular flexibility index (Phi) is 6.54. The van der Waals surface area contributed by atoms with E-state index in [-0.39, 0.29) is 36.9 Å². The maximum atomic E-state index is 12.0. The SMILES string of the molecule is CN(CC(=O)N1CCNCC1)C(=O)[C@H]1CCCO1.Cl. The number of carbonyl (C=O) groups is 2. The van der Waals surface area contributed by atoms with E-state index in [1.807, 2.05) is 0 Å². The second kappa shape index (κ2) is 7.67. The summed E-state index contributed by atoms with van der Waals surface area (Å²) in [6.07, 6.45) is 1.35. The normalized spacial score (nSPS) is 22.8. The van der Waals surface area contributed by atoms with E-state index < -0.39 is 0 Å². The minimum absolute atomic E-state index is 0. The van der Waals surface area contributed by atoms with Crippen molar-refractivity contribution in [1.29, 1.82) is 0 Å². The molecular formula is C12H22ClN3O3. The summed E-state index contributed by atoms with van der Waals surface area (Å²) in [6, 6.07) is 0. The van der Waals surface area contributed by atoms with Crippen LogP contribution in [0.1, 0.15) is 12.8 Å². The third-order valence-electron chi connectivity index (χ3n) is 3.42. The van der Waals surface area contributed by atoms with Crippen LogP contribution < -0.4 is 5.32 Å². The summed E-state index contributed by atoms with van der Waals surface area (Å²) in [5.74, 6) is -0.0543. The highest BCUT2D eigenvalue weighted by Gasteiger charge is 2.28. The van der Waals surface area contributed by atoms with Crippen molar-refractivity contribution < 1.29 is 14.3 Å². The molecule has 2 rings (SSSR count). The Morgan fingerprint density at radius 2 is 2.05 bits per heavy atom. The number of carbonyl (C=O) groups excluding carboxylic acids is 2. The number of piperazine rings is 1. The van der Waals surface area contributed by atoms with Crippen LogP contribution in [0.3, 0.4) is 0 Å². The third-order valence-corrected chi connectivity index (χ3v) is 3.42. The molecule has 2 amide bonds. The van der Waals surface area contributed by atoms with Crippen molar-refractivity contribution in [2.24, 2.45) is 0 Å². The minimum atomic E-state index is -0.342. The fraction of sp³-hybridized carbons (Fsp3) is 0.833. The van der Waals surface area contributed by atoms with E-state index in [0.29, 0.717) is 6.61 Å². The van der Waals surface area contributed by atoms with Crippen molar-refractivity contribution >= 4 is 24.2 Å². The number of rotatable bonds is 3. The Hall–Kier alpha value is -0.850. The van der Waals surface area contributed by atoms with Gasteiger partial charge in [-0.25, -0.2) is 0 Å². The second-order valence-corrected chi connectivity index (χ2v) is 4.83. The summed E-state index contributed by atoms with van der Waals surface area (Å²) in [6.45, 7) is 3.90. The third kappa shape index (κ3) is 4.33. The molecule has 0 aromatic heterocycles. The molecule has 1 N–H and O–H groups in total. The molecule has 2 saturated heterocycles. The van der Waals surface area contributed by atoms with Crippen molar-refractivity contribution in [1.82, 2.24) is 15.1 Å². The van der Waals surface area contributed by atoms with Gasteiger partial charge >= 0.3 is 0 Å². The van der Waals surface area contributed by atoms with Crippen molar-refractivity contribution in [2.75, 3.05) is 46.4 Å². The Labute approximate surface area is 119 Å². The van der Waals surface area contributed by atoms with Gasteiger partial charge in [0, 0.05) is 39.8 Å². The molecule has 0 bridgehead atoms. The van der Waals surface area contributed by atoms with Crippen LogP contribution in [0.2, 0.25) is 0 Å². The lowest BCUT2D eigenvalue weighted by molar-refractivity contribution is -0.145. The molecule has 0 unspecified atom stereocenters. The Bertz CT molecular complexity index is 315. The molecule has 110 valence electrons. The monoisotopic (exact) mass is 291 g/mol. The van der Waals surface area contributed by atoms with Gasteiger partial charge in [-0.05, 0) is 12.8 Å². The summed E-state index contributed by atoms with van der Waals surface area (Å²) < 4.78 is 5.34. The number of amides is 2. The summed E-state index contributed by atoms with van der Waals surface area (Å²) in [5.41, 5.74) is 0. The van der Waals surface area contributed by atoms with E-state index in [4.69, 9.17) is 4.74 Å². The van der Waals surface area contributed by atoms with Gasteiger partial charge < -0.3 is 19.9 Å². The summed E-state index contributed by atoms with van der Waals surface area (Å²) >= 11 is 0. The first-order valence-electron chi connectivity index (χ1n) is 6.53. The highest BCUT2D eigenvalue weighted by atomic mass is 35.5. The molecule has 19 heavy (non-hydrogen) atoms. The Balaban J connectivity index is 0.00000180. The van der Waals surface area contributed by atoms with E-state index >= 15 is 0 Å². The lowest BCUT2D eigenvalue weighted by Gasteiger charge is -2.29. The number of hydrogen-bond acceptors (Lipinski definition) is 4. The molecule has 2 fully saturated rings. The van der Waals surface area contributed by atoms with E-state index in [1.165, 1.54) is 4.90 Å². The van der Waals surface area contributed by atoms with Gasteiger partial charge in [-0.15, -0.1) is 12.4 Å². The number of likely N-dealkylation sites (N-methyl/N-ethyl adjacent to an activating group) is 1. The highest BCUT2D eigenvalue weighted by molar-refractivity contribution is 5.87. The first-order valence-corrected chi connectivity index (χ1v) is 6.53. The van der Waals surface area contributed by atoms with Crippen LogP contribution in [-0.4, -0.2) is 74.1 Å². The van der Waals surface area contributed by atoms with Crippen molar-refractivity contribution in [2.45, 2.75) is 18.9 Å². The molecule has 2 aliphatic heterocycles. The van der Waals surface area contributed by atoms with Gasteiger partial charge in [0.25, 0.3) is 5.91 Å². The van der Waals surface area contributed by atoms with E-state index in [9.17, 15) is 9.59 Å². The standard InChI is InChI=1S/C12H21N3O3.ClH/c1-14(12(17)10-3-2-8-18-10)9-11(16)15-6-4-13-5-7-15;/h10,13H,2-9H2,1H3;1H/t10-;/m1./s1. The van der Waals surface area contributed by atoms with Crippen LogP contribution in [0, 0.1) is 0 Å². The quantitative estimate of drug-likeness (QED) is 0.760. The molecule has 2 aliphatic rings. The summed E-state index contributed by atoms with van der Waals surface area (Å²) in [5, 5.41) is 3.20. The van der Waals surface area contributed by atoms with E-state index in [1.54, 1.807) is 11.9 Å². The van der Waals surface area contributed by atoms with Crippen molar-refractivity contribution in [3.05, 3.63) is 0 Å². The number of hydrogen-bond donors (Lipinski definition) is 1. The van der Waals surface area contributed by atoms with Gasteiger partial charge in [-0.3, -0.25) is 9.59 Å². The predicted octanol–water partition coefficient (Wildman–Crippen LogP) is -0.523. The smallest absolute Gasteiger partial charge is 0.251 e. The fourth-order valence-corrected chi connectivity index (χ4v) is 2.31. The summed E-state index contributed by atoms with van der Waals surface area (Å²) in [7, 11) is 1.67.